The lowest BCUT2D eigenvalue weighted by atomic mass is 10.0. The van der Waals surface area contributed by atoms with Crippen LogP contribution in [0.1, 0.15) is 10.4 Å². The maximum absolute atomic E-state index is 12.6. The molecule has 2 heterocycles. The number of benzene rings is 1. The maximum atomic E-state index is 12.6. The van der Waals surface area contributed by atoms with Gasteiger partial charge in [0.25, 0.3) is 5.91 Å². The fourth-order valence-corrected chi connectivity index (χ4v) is 3.80. The van der Waals surface area contributed by atoms with E-state index >= 15 is 0 Å². The number of amides is 1. The summed E-state index contributed by atoms with van der Waals surface area (Å²) in [5.41, 5.74) is 2.30. The normalized spacial score (nSPS) is 16.6. The van der Waals surface area contributed by atoms with Gasteiger partial charge in [0.1, 0.15) is 0 Å². The lowest BCUT2D eigenvalue weighted by Gasteiger charge is -2.26. The number of hydrogen-bond donors (Lipinski definition) is 0. The van der Waals surface area contributed by atoms with E-state index in [9.17, 15) is 13.2 Å². The first-order valence-electron chi connectivity index (χ1n) is 7.59. The Kier molecular flexibility index (Phi) is 4.53. The van der Waals surface area contributed by atoms with Gasteiger partial charge in [-0.2, -0.15) is 0 Å². The molecule has 24 heavy (non-hydrogen) atoms. The average Bonchev–Trinajstić information content (AvgIpc) is 2.61. The minimum absolute atomic E-state index is 0.0286. The molecule has 0 saturated carbocycles. The summed E-state index contributed by atoms with van der Waals surface area (Å²) in [4.78, 5) is 18.3. The van der Waals surface area contributed by atoms with Crippen LogP contribution in [-0.4, -0.2) is 55.9 Å². The number of sulfone groups is 1. The Bertz CT molecular complexity index is 833. The number of aromatic nitrogens is 1. The summed E-state index contributed by atoms with van der Waals surface area (Å²) in [5, 5.41) is 0. The molecule has 6 nitrogen and oxygen atoms in total. The Labute approximate surface area is 141 Å². The van der Waals surface area contributed by atoms with Crippen molar-refractivity contribution in [2.45, 2.75) is 0 Å². The maximum Gasteiger partial charge on any atom is 0.253 e. The predicted molar refractivity (Wildman–Crippen MR) is 90.8 cm³/mol. The van der Waals surface area contributed by atoms with E-state index in [1.54, 1.807) is 36.4 Å². The number of methoxy groups -OCH3 is 1. The third kappa shape index (κ3) is 3.56. The molecule has 0 aliphatic carbocycles. The Morgan fingerprint density at radius 1 is 1.12 bits per heavy atom. The highest BCUT2D eigenvalue weighted by Gasteiger charge is 2.25. The van der Waals surface area contributed by atoms with Crippen molar-refractivity contribution in [1.29, 1.82) is 0 Å². The van der Waals surface area contributed by atoms with Crippen LogP contribution < -0.4 is 4.74 Å². The van der Waals surface area contributed by atoms with Crippen molar-refractivity contribution in [2.24, 2.45) is 0 Å². The second-order valence-corrected chi connectivity index (χ2v) is 7.92. The molecule has 7 heteroatoms. The molecular weight excluding hydrogens is 328 g/mol. The highest BCUT2D eigenvalue weighted by molar-refractivity contribution is 7.91. The van der Waals surface area contributed by atoms with E-state index in [4.69, 9.17) is 4.74 Å². The smallest absolute Gasteiger partial charge is 0.253 e. The van der Waals surface area contributed by atoms with Crippen LogP contribution in [0.15, 0.2) is 42.6 Å². The molecule has 0 N–H and O–H groups in total. The van der Waals surface area contributed by atoms with E-state index < -0.39 is 9.84 Å². The van der Waals surface area contributed by atoms with E-state index in [1.165, 1.54) is 0 Å². The minimum Gasteiger partial charge on any atom is -0.481 e. The van der Waals surface area contributed by atoms with Crippen molar-refractivity contribution in [2.75, 3.05) is 31.7 Å². The van der Waals surface area contributed by atoms with Gasteiger partial charge in [-0.1, -0.05) is 12.1 Å². The van der Waals surface area contributed by atoms with Crippen molar-refractivity contribution >= 4 is 15.7 Å². The minimum atomic E-state index is -3.00. The summed E-state index contributed by atoms with van der Waals surface area (Å²) >= 11 is 0. The standard InChI is InChI=1S/C17H18N2O4S/c1-23-16-6-5-15(12-18-16)13-3-2-4-14(11-13)17(20)19-7-9-24(21,22)10-8-19/h2-6,11-12H,7-10H2,1H3. The van der Waals surface area contributed by atoms with Crippen molar-refractivity contribution in [3.8, 4) is 17.0 Å². The molecule has 1 amide bonds. The van der Waals surface area contributed by atoms with E-state index in [0.717, 1.165) is 11.1 Å². The number of ether oxygens (including phenoxy) is 1. The number of nitrogens with zero attached hydrogens (tertiary/aromatic N) is 2. The molecule has 1 aromatic carbocycles. The summed E-state index contributed by atoms with van der Waals surface area (Å²) in [6.07, 6.45) is 1.69. The predicted octanol–water partition coefficient (Wildman–Crippen LogP) is 1.63. The zero-order valence-corrected chi connectivity index (χ0v) is 14.1. The molecule has 126 valence electrons. The number of pyridine rings is 1. The molecule has 0 radical (unpaired) electrons. The quantitative estimate of drug-likeness (QED) is 0.844. The molecule has 1 aromatic heterocycles. The van der Waals surface area contributed by atoms with Crippen LogP contribution in [0.3, 0.4) is 0 Å². The number of hydrogen-bond acceptors (Lipinski definition) is 5. The van der Waals surface area contributed by atoms with Crippen molar-refractivity contribution in [3.05, 3.63) is 48.2 Å². The molecule has 1 aliphatic rings. The number of rotatable bonds is 3. The number of carbonyl (C=O) groups excluding carboxylic acids is 1. The van der Waals surface area contributed by atoms with Crippen LogP contribution >= 0.6 is 0 Å². The molecule has 0 spiro atoms. The zero-order chi connectivity index (χ0) is 17.2. The van der Waals surface area contributed by atoms with Gasteiger partial charge in [-0.15, -0.1) is 0 Å². The Balaban J connectivity index is 1.80. The Morgan fingerprint density at radius 2 is 1.88 bits per heavy atom. The Morgan fingerprint density at radius 3 is 2.50 bits per heavy atom. The van der Waals surface area contributed by atoms with Crippen LogP contribution in [0.25, 0.3) is 11.1 Å². The van der Waals surface area contributed by atoms with Crippen molar-refractivity contribution < 1.29 is 17.9 Å². The average molecular weight is 346 g/mol. The molecular formula is C17H18N2O4S. The monoisotopic (exact) mass is 346 g/mol. The highest BCUT2D eigenvalue weighted by atomic mass is 32.2. The fraction of sp³-hybridized carbons (Fsp3) is 0.294. The Hall–Kier alpha value is -2.41. The van der Waals surface area contributed by atoms with Crippen LogP contribution in [0, 0.1) is 0 Å². The molecule has 1 aliphatic heterocycles. The van der Waals surface area contributed by atoms with Gasteiger partial charge in [0.05, 0.1) is 18.6 Å². The highest BCUT2D eigenvalue weighted by Crippen LogP contribution is 2.22. The lowest BCUT2D eigenvalue weighted by Crippen LogP contribution is -2.43. The van der Waals surface area contributed by atoms with Crippen LogP contribution in [0.5, 0.6) is 5.88 Å². The van der Waals surface area contributed by atoms with Crippen LogP contribution in [-0.2, 0) is 9.84 Å². The molecule has 0 bridgehead atoms. The van der Waals surface area contributed by atoms with Crippen LogP contribution in [0.2, 0.25) is 0 Å². The van der Waals surface area contributed by atoms with E-state index in [1.807, 2.05) is 18.2 Å². The third-order valence-corrected chi connectivity index (χ3v) is 5.63. The van der Waals surface area contributed by atoms with Crippen LogP contribution in [0.4, 0.5) is 0 Å². The molecule has 1 fully saturated rings. The second-order valence-electron chi connectivity index (χ2n) is 5.61. The van der Waals surface area contributed by atoms with Gasteiger partial charge >= 0.3 is 0 Å². The second kappa shape index (κ2) is 6.60. The topological polar surface area (TPSA) is 76.6 Å². The molecule has 0 atom stereocenters. The van der Waals surface area contributed by atoms with E-state index in [2.05, 4.69) is 4.98 Å². The summed E-state index contributed by atoms with van der Waals surface area (Å²) in [6.45, 7) is 0.491. The van der Waals surface area contributed by atoms with Gasteiger partial charge in [-0.3, -0.25) is 4.79 Å². The third-order valence-electron chi connectivity index (χ3n) is 4.02. The lowest BCUT2D eigenvalue weighted by molar-refractivity contribution is 0.0770. The zero-order valence-electron chi connectivity index (χ0n) is 13.3. The van der Waals surface area contributed by atoms with Gasteiger partial charge in [0.15, 0.2) is 9.84 Å². The van der Waals surface area contributed by atoms with Gasteiger partial charge in [-0.25, -0.2) is 13.4 Å². The summed E-state index contributed by atoms with van der Waals surface area (Å²) < 4.78 is 28.0. The summed E-state index contributed by atoms with van der Waals surface area (Å²) in [5.74, 6) is 0.440. The van der Waals surface area contributed by atoms with Gasteiger partial charge in [-0.05, 0) is 23.8 Å². The molecule has 1 saturated heterocycles. The van der Waals surface area contributed by atoms with Gasteiger partial charge in [0, 0.05) is 36.5 Å². The van der Waals surface area contributed by atoms with E-state index in [-0.39, 0.29) is 30.5 Å². The first-order chi connectivity index (χ1) is 11.5. The first-order valence-corrected chi connectivity index (χ1v) is 9.41. The van der Waals surface area contributed by atoms with Crippen molar-refractivity contribution in [1.82, 2.24) is 9.88 Å². The largest absolute Gasteiger partial charge is 0.481 e. The first kappa shape index (κ1) is 16.4. The SMILES string of the molecule is COc1ccc(-c2cccc(C(=O)N3CCS(=O)(=O)CC3)c2)cn1. The molecule has 0 unspecified atom stereocenters. The van der Waals surface area contributed by atoms with Crippen molar-refractivity contribution in [3.63, 3.8) is 0 Å². The van der Waals surface area contributed by atoms with Gasteiger partial charge in [0.2, 0.25) is 5.88 Å². The number of carbonyl (C=O) groups is 1. The summed E-state index contributed by atoms with van der Waals surface area (Å²) in [6, 6.07) is 10.9. The molecule has 2 aromatic rings. The van der Waals surface area contributed by atoms with Gasteiger partial charge < -0.3 is 9.64 Å². The van der Waals surface area contributed by atoms with E-state index in [0.29, 0.717) is 11.4 Å². The fourth-order valence-electron chi connectivity index (χ4n) is 2.60. The summed E-state index contributed by atoms with van der Waals surface area (Å²) in [7, 11) is -1.45. The molecule has 3 rings (SSSR count).